The molecular formula is C19H17ClN2O3. The molecule has 128 valence electrons. The number of hydrogen-bond acceptors (Lipinski definition) is 4. The zero-order valence-corrected chi connectivity index (χ0v) is 14.3. The van der Waals surface area contributed by atoms with E-state index in [1.165, 1.54) is 0 Å². The van der Waals surface area contributed by atoms with Crippen molar-refractivity contribution in [2.45, 2.75) is 13.0 Å². The van der Waals surface area contributed by atoms with Crippen LogP contribution in [0.3, 0.4) is 0 Å². The second-order valence-corrected chi connectivity index (χ2v) is 5.84. The summed E-state index contributed by atoms with van der Waals surface area (Å²) in [6, 6.07) is 16.1. The molecule has 0 aliphatic heterocycles. The lowest BCUT2D eigenvalue weighted by Gasteiger charge is -2.12. The van der Waals surface area contributed by atoms with Gasteiger partial charge in [-0.05, 0) is 30.2 Å². The van der Waals surface area contributed by atoms with Crippen molar-refractivity contribution in [2.75, 3.05) is 6.61 Å². The van der Waals surface area contributed by atoms with Gasteiger partial charge >= 0.3 is 5.97 Å². The van der Waals surface area contributed by atoms with Crippen LogP contribution in [0.1, 0.15) is 34.8 Å². The quantitative estimate of drug-likeness (QED) is 0.678. The Morgan fingerprint density at radius 1 is 1.20 bits per heavy atom. The number of benzene rings is 2. The molecule has 3 aromatic rings. The number of ether oxygens (including phenoxy) is 1. The number of esters is 1. The molecule has 25 heavy (non-hydrogen) atoms. The number of aromatic amines is 1. The maximum absolute atomic E-state index is 12.3. The van der Waals surface area contributed by atoms with Gasteiger partial charge < -0.3 is 9.84 Å². The summed E-state index contributed by atoms with van der Waals surface area (Å²) >= 11 is 5.96. The van der Waals surface area contributed by atoms with Crippen LogP contribution in [0.5, 0.6) is 0 Å². The van der Waals surface area contributed by atoms with Crippen molar-refractivity contribution < 1.29 is 14.6 Å². The Hall–Kier alpha value is -2.63. The summed E-state index contributed by atoms with van der Waals surface area (Å²) in [6.45, 7) is 1.97. The van der Waals surface area contributed by atoms with Crippen molar-refractivity contribution in [2.24, 2.45) is 0 Å². The first-order chi connectivity index (χ1) is 12.1. The molecule has 2 N–H and O–H groups in total. The summed E-state index contributed by atoms with van der Waals surface area (Å²) in [5, 5.41) is 18.2. The van der Waals surface area contributed by atoms with E-state index in [0.29, 0.717) is 27.4 Å². The number of aliphatic hydroxyl groups is 1. The van der Waals surface area contributed by atoms with Crippen LogP contribution in [0.15, 0.2) is 54.6 Å². The fraction of sp³-hybridized carbons (Fsp3) is 0.158. The van der Waals surface area contributed by atoms with E-state index in [0.717, 1.165) is 0 Å². The molecule has 1 aromatic heterocycles. The van der Waals surface area contributed by atoms with Crippen LogP contribution in [0.4, 0.5) is 0 Å². The number of halogens is 1. The number of carbonyl (C=O) groups excluding carboxylic acids is 1. The molecule has 0 aliphatic carbocycles. The minimum Gasteiger partial charge on any atom is -0.461 e. The molecule has 1 heterocycles. The smallest absolute Gasteiger partial charge is 0.359 e. The van der Waals surface area contributed by atoms with Gasteiger partial charge in [0.05, 0.1) is 12.3 Å². The number of H-pyrrole nitrogens is 1. The van der Waals surface area contributed by atoms with E-state index in [9.17, 15) is 9.90 Å². The lowest BCUT2D eigenvalue weighted by Crippen LogP contribution is -2.07. The molecule has 6 heteroatoms. The number of hydrogen-bond donors (Lipinski definition) is 2. The number of rotatable bonds is 5. The minimum atomic E-state index is -0.956. The molecule has 1 atom stereocenters. The Bertz CT molecular complexity index is 860. The fourth-order valence-corrected chi connectivity index (χ4v) is 2.74. The van der Waals surface area contributed by atoms with Crippen LogP contribution < -0.4 is 0 Å². The molecule has 0 bridgehead atoms. The first kappa shape index (κ1) is 17.2. The van der Waals surface area contributed by atoms with Crippen LogP contribution in [-0.4, -0.2) is 27.9 Å². The summed E-state index contributed by atoms with van der Waals surface area (Å²) in [6.07, 6.45) is -0.956. The number of carbonyl (C=O) groups is 1. The van der Waals surface area contributed by atoms with Gasteiger partial charge in [-0.2, -0.15) is 5.10 Å². The predicted molar refractivity (Wildman–Crippen MR) is 95.5 cm³/mol. The maximum atomic E-state index is 12.3. The largest absolute Gasteiger partial charge is 0.461 e. The van der Waals surface area contributed by atoms with E-state index >= 15 is 0 Å². The molecule has 0 amide bonds. The van der Waals surface area contributed by atoms with Crippen LogP contribution in [-0.2, 0) is 4.74 Å². The maximum Gasteiger partial charge on any atom is 0.359 e. The summed E-state index contributed by atoms with van der Waals surface area (Å²) < 4.78 is 5.08. The van der Waals surface area contributed by atoms with Crippen LogP contribution >= 0.6 is 11.6 Å². The van der Waals surface area contributed by atoms with Crippen LogP contribution in [0.2, 0.25) is 5.02 Å². The van der Waals surface area contributed by atoms with Gasteiger partial charge in [0.15, 0.2) is 5.69 Å². The molecule has 2 aromatic carbocycles. The number of aromatic nitrogens is 2. The second-order valence-electron chi connectivity index (χ2n) is 5.40. The molecular weight excluding hydrogens is 340 g/mol. The molecule has 3 rings (SSSR count). The average Bonchev–Trinajstić information content (AvgIpc) is 3.08. The van der Waals surface area contributed by atoms with Gasteiger partial charge in [-0.25, -0.2) is 4.79 Å². The summed E-state index contributed by atoms with van der Waals surface area (Å²) in [5.41, 5.74) is 2.47. The van der Waals surface area contributed by atoms with Gasteiger partial charge in [0, 0.05) is 10.6 Å². The lowest BCUT2D eigenvalue weighted by molar-refractivity contribution is 0.0520. The topological polar surface area (TPSA) is 75.2 Å². The Kier molecular flexibility index (Phi) is 5.16. The van der Waals surface area contributed by atoms with E-state index in [1.807, 2.05) is 18.2 Å². The predicted octanol–water partition coefficient (Wildman–Crippen LogP) is 3.99. The zero-order valence-electron chi connectivity index (χ0n) is 13.6. The highest BCUT2D eigenvalue weighted by Gasteiger charge is 2.26. The lowest BCUT2D eigenvalue weighted by atomic mass is 9.97. The second kappa shape index (κ2) is 7.51. The highest BCUT2D eigenvalue weighted by atomic mass is 35.5. The number of aliphatic hydroxyl groups excluding tert-OH is 1. The van der Waals surface area contributed by atoms with Gasteiger partial charge in [0.25, 0.3) is 0 Å². The van der Waals surface area contributed by atoms with Crippen molar-refractivity contribution in [3.05, 3.63) is 76.6 Å². The highest BCUT2D eigenvalue weighted by Crippen LogP contribution is 2.33. The van der Waals surface area contributed by atoms with Crippen molar-refractivity contribution in [3.8, 4) is 11.1 Å². The summed E-state index contributed by atoms with van der Waals surface area (Å²) in [4.78, 5) is 12.3. The van der Waals surface area contributed by atoms with Gasteiger partial charge in [-0.15, -0.1) is 0 Å². The molecule has 0 radical (unpaired) electrons. The van der Waals surface area contributed by atoms with Crippen LogP contribution in [0, 0.1) is 0 Å². The van der Waals surface area contributed by atoms with Gasteiger partial charge in [0.1, 0.15) is 6.10 Å². The van der Waals surface area contributed by atoms with Gasteiger partial charge in [0.2, 0.25) is 0 Å². The summed E-state index contributed by atoms with van der Waals surface area (Å²) in [5.74, 6) is -0.546. The van der Waals surface area contributed by atoms with Crippen molar-refractivity contribution in [3.63, 3.8) is 0 Å². The SMILES string of the molecule is CCOC(=O)c1n[nH]c(C(O)c2ccccc2)c1-c1ccc(Cl)cc1. The fourth-order valence-electron chi connectivity index (χ4n) is 2.61. The van der Waals surface area contributed by atoms with Crippen molar-refractivity contribution in [1.82, 2.24) is 10.2 Å². The Morgan fingerprint density at radius 2 is 1.88 bits per heavy atom. The Morgan fingerprint density at radius 3 is 2.52 bits per heavy atom. The average molecular weight is 357 g/mol. The third-order valence-corrected chi connectivity index (χ3v) is 4.04. The monoisotopic (exact) mass is 356 g/mol. The molecule has 0 aliphatic rings. The molecule has 0 fully saturated rings. The summed E-state index contributed by atoms with van der Waals surface area (Å²) in [7, 11) is 0. The molecule has 0 saturated heterocycles. The Labute approximate surface area is 150 Å². The number of nitrogens with zero attached hydrogens (tertiary/aromatic N) is 1. The zero-order chi connectivity index (χ0) is 17.8. The molecule has 0 saturated carbocycles. The van der Waals surface area contributed by atoms with Crippen molar-refractivity contribution >= 4 is 17.6 Å². The standard InChI is InChI=1S/C19H17ClN2O3/c1-2-25-19(24)17-15(12-8-10-14(20)11-9-12)16(21-22-17)18(23)13-6-4-3-5-7-13/h3-11,18,23H,2H2,1H3,(H,21,22). The van der Waals surface area contributed by atoms with E-state index in [2.05, 4.69) is 10.2 Å². The van der Waals surface area contributed by atoms with E-state index in [1.54, 1.807) is 43.3 Å². The molecule has 0 spiro atoms. The van der Waals surface area contributed by atoms with Gasteiger partial charge in [-0.1, -0.05) is 54.1 Å². The third-order valence-electron chi connectivity index (χ3n) is 3.78. The van der Waals surface area contributed by atoms with Gasteiger partial charge in [-0.3, -0.25) is 5.10 Å². The van der Waals surface area contributed by atoms with Crippen molar-refractivity contribution in [1.29, 1.82) is 0 Å². The number of nitrogens with one attached hydrogen (secondary N) is 1. The van der Waals surface area contributed by atoms with E-state index in [4.69, 9.17) is 16.3 Å². The first-order valence-electron chi connectivity index (χ1n) is 7.86. The minimum absolute atomic E-state index is 0.133. The third kappa shape index (κ3) is 3.57. The molecule has 1 unspecified atom stereocenters. The van der Waals surface area contributed by atoms with E-state index < -0.39 is 12.1 Å². The van der Waals surface area contributed by atoms with Crippen LogP contribution in [0.25, 0.3) is 11.1 Å². The first-order valence-corrected chi connectivity index (χ1v) is 8.24. The Balaban J connectivity index is 2.12. The molecule has 5 nitrogen and oxygen atoms in total. The normalized spacial score (nSPS) is 12.0. The highest BCUT2D eigenvalue weighted by molar-refractivity contribution is 6.30. The van der Waals surface area contributed by atoms with E-state index in [-0.39, 0.29) is 12.3 Å².